The average Bonchev–Trinajstić information content (AvgIpc) is 2.79. The van der Waals surface area contributed by atoms with Gasteiger partial charge >= 0.3 is 0 Å². The molecule has 3 N–H and O–H groups in total. The zero-order valence-corrected chi connectivity index (χ0v) is 9.29. The van der Waals surface area contributed by atoms with E-state index < -0.39 is 0 Å². The van der Waals surface area contributed by atoms with Crippen molar-refractivity contribution in [1.29, 1.82) is 0 Å². The summed E-state index contributed by atoms with van der Waals surface area (Å²) in [6.45, 7) is 1.58. The molecular weight excluding hydrogens is 248 g/mol. The molecule has 5 heteroatoms. The third kappa shape index (κ3) is 2.00. The van der Waals surface area contributed by atoms with Crippen molar-refractivity contribution >= 4 is 15.9 Å². The number of furan rings is 1. The van der Waals surface area contributed by atoms with Crippen molar-refractivity contribution in [2.24, 2.45) is 11.8 Å². The minimum Gasteiger partial charge on any atom is -0.457 e. The first-order valence-corrected chi connectivity index (χ1v) is 5.38. The van der Waals surface area contributed by atoms with Crippen LogP contribution in [-0.2, 0) is 4.74 Å². The summed E-state index contributed by atoms with van der Waals surface area (Å²) < 4.78 is 11.2. The van der Waals surface area contributed by atoms with Crippen molar-refractivity contribution < 1.29 is 9.15 Å². The highest BCUT2D eigenvalue weighted by Gasteiger charge is 2.27. The van der Waals surface area contributed by atoms with E-state index in [-0.39, 0.29) is 6.04 Å². The molecule has 1 aliphatic rings. The Morgan fingerprint density at radius 3 is 3.00 bits per heavy atom. The smallest absolute Gasteiger partial charge is 0.169 e. The van der Waals surface area contributed by atoms with Crippen LogP contribution >= 0.6 is 15.9 Å². The van der Waals surface area contributed by atoms with Crippen LogP contribution in [0.15, 0.2) is 21.4 Å². The average molecular weight is 261 g/mol. The molecule has 2 rings (SSSR count). The van der Waals surface area contributed by atoms with Gasteiger partial charge in [0.25, 0.3) is 0 Å². The molecule has 14 heavy (non-hydrogen) atoms. The van der Waals surface area contributed by atoms with Crippen LogP contribution in [0.25, 0.3) is 0 Å². The van der Waals surface area contributed by atoms with Crippen LogP contribution in [0.2, 0.25) is 0 Å². The number of nitrogens with one attached hydrogen (secondary N) is 1. The van der Waals surface area contributed by atoms with E-state index in [1.807, 2.05) is 6.07 Å². The minimum absolute atomic E-state index is 0.118. The molecule has 2 heterocycles. The first-order chi connectivity index (χ1) is 6.81. The number of halogens is 1. The molecule has 0 radical (unpaired) electrons. The SMILES string of the molecule is NNC(c1coc(Br)c1)C1CCOC1. The lowest BCUT2D eigenvalue weighted by Gasteiger charge is -2.19. The summed E-state index contributed by atoms with van der Waals surface area (Å²) in [7, 11) is 0. The van der Waals surface area contributed by atoms with E-state index in [0.29, 0.717) is 5.92 Å². The van der Waals surface area contributed by atoms with Crippen molar-refractivity contribution in [2.75, 3.05) is 13.2 Å². The second-order valence-corrected chi connectivity index (χ2v) is 4.23. The van der Waals surface area contributed by atoms with Gasteiger partial charge in [0.05, 0.1) is 18.9 Å². The molecule has 1 aromatic heterocycles. The highest BCUT2D eigenvalue weighted by Crippen LogP contribution is 2.30. The first-order valence-electron chi connectivity index (χ1n) is 4.59. The number of ether oxygens (including phenoxy) is 1. The Bertz CT molecular complexity index is 297. The third-order valence-electron chi connectivity index (χ3n) is 2.56. The summed E-state index contributed by atoms with van der Waals surface area (Å²) in [6.07, 6.45) is 2.75. The number of nitrogens with two attached hydrogens (primary N) is 1. The Balaban J connectivity index is 2.12. The van der Waals surface area contributed by atoms with Gasteiger partial charge in [-0.3, -0.25) is 11.3 Å². The van der Waals surface area contributed by atoms with Gasteiger partial charge in [-0.05, 0) is 28.4 Å². The molecule has 1 aromatic rings. The van der Waals surface area contributed by atoms with E-state index in [1.165, 1.54) is 0 Å². The third-order valence-corrected chi connectivity index (χ3v) is 2.98. The van der Waals surface area contributed by atoms with Crippen molar-refractivity contribution in [1.82, 2.24) is 5.43 Å². The highest BCUT2D eigenvalue weighted by atomic mass is 79.9. The van der Waals surface area contributed by atoms with Crippen LogP contribution in [-0.4, -0.2) is 13.2 Å². The zero-order chi connectivity index (χ0) is 9.97. The van der Waals surface area contributed by atoms with Gasteiger partial charge in [-0.1, -0.05) is 0 Å². The van der Waals surface area contributed by atoms with E-state index in [2.05, 4.69) is 21.4 Å². The van der Waals surface area contributed by atoms with Crippen LogP contribution in [0.5, 0.6) is 0 Å². The molecule has 0 amide bonds. The van der Waals surface area contributed by atoms with Gasteiger partial charge in [0, 0.05) is 18.1 Å². The van der Waals surface area contributed by atoms with E-state index >= 15 is 0 Å². The predicted octanol–water partition coefficient (Wildman–Crippen LogP) is 1.58. The van der Waals surface area contributed by atoms with Crippen molar-refractivity contribution in [3.05, 3.63) is 22.6 Å². The molecule has 2 unspecified atom stereocenters. The molecule has 0 aliphatic carbocycles. The number of hydrogen-bond acceptors (Lipinski definition) is 4. The Morgan fingerprint density at radius 2 is 2.50 bits per heavy atom. The standard InChI is InChI=1S/C9H13BrN2O2/c10-8-3-7(5-14-8)9(12-11)6-1-2-13-4-6/h3,5-6,9,12H,1-2,4,11H2. The summed E-state index contributed by atoms with van der Waals surface area (Å²) in [5.74, 6) is 5.97. The predicted molar refractivity (Wildman–Crippen MR) is 55.4 cm³/mol. The zero-order valence-electron chi connectivity index (χ0n) is 7.70. The quantitative estimate of drug-likeness (QED) is 0.640. The molecule has 0 spiro atoms. The Kier molecular flexibility index (Phi) is 3.22. The molecular formula is C9H13BrN2O2. The van der Waals surface area contributed by atoms with E-state index in [0.717, 1.165) is 29.9 Å². The molecule has 4 nitrogen and oxygen atoms in total. The second kappa shape index (κ2) is 4.44. The maximum Gasteiger partial charge on any atom is 0.169 e. The van der Waals surface area contributed by atoms with E-state index in [9.17, 15) is 0 Å². The Labute approximate surface area is 90.9 Å². The van der Waals surface area contributed by atoms with Crippen molar-refractivity contribution in [3.8, 4) is 0 Å². The number of hydrazine groups is 1. The maximum absolute atomic E-state index is 5.53. The van der Waals surface area contributed by atoms with Gasteiger partial charge in [0.15, 0.2) is 4.67 Å². The number of hydrogen-bond donors (Lipinski definition) is 2. The van der Waals surface area contributed by atoms with Gasteiger partial charge in [-0.15, -0.1) is 0 Å². The van der Waals surface area contributed by atoms with Gasteiger partial charge in [-0.25, -0.2) is 0 Å². The molecule has 0 saturated carbocycles. The monoisotopic (exact) mass is 260 g/mol. The minimum atomic E-state index is 0.118. The van der Waals surface area contributed by atoms with Gasteiger partial charge in [0.1, 0.15) is 0 Å². The van der Waals surface area contributed by atoms with Gasteiger partial charge < -0.3 is 9.15 Å². The second-order valence-electron chi connectivity index (χ2n) is 3.45. The maximum atomic E-state index is 5.53. The molecule has 0 aromatic carbocycles. The lowest BCUT2D eigenvalue weighted by Crippen LogP contribution is -2.33. The Morgan fingerprint density at radius 1 is 1.64 bits per heavy atom. The molecule has 2 atom stereocenters. The first kappa shape index (κ1) is 10.2. The van der Waals surface area contributed by atoms with Crippen molar-refractivity contribution in [2.45, 2.75) is 12.5 Å². The number of rotatable bonds is 3. The molecule has 1 aliphatic heterocycles. The van der Waals surface area contributed by atoms with E-state index in [4.69, 9.17) is 15.0 Å². The van der Waals surface area contributed by atoms with E-state index in [1.54, 1.807) is 6.26 Å². The summed E-state index contributed by atoms with van der Waals surface area (Å²) in [5.41, 5.74) is 3.88. The normalized spacial score (nSPS) is 24.0. The largest absolute Gasteiger partial charge is 0.457 e. The van der Waals surface area contributed by atoms with Crippen LogP contribution in [0.3, 0.4) is 0 Å². The van der Waals surface area contributed by atoms with Crippen LogP contribution < -0.4 is 11.3 Å². The topological polar surface area (TPSA) is 60.4 Å². The lowest BCUT2D eigenvalue weighted by atomic mass is 9.95. The summed E-state index contributed by atoms with van der Waals surface area (Å²) >= 11 is 3.27. The summed E-state index contributed by atoms with van der Waals surface area (Å²) in [5, 5.41) is 0. The molecule has 1 saturated heterocycles. The Hall–Kier alpha value is -0.360. The fourth-order valence-corrected chi connectivity index (χ4v) is 2.16. The lowest BCUT2D eigenvalue weighted by molar-refractivity contribution is 0.176. The van der Waals surface area contributed by atoms with Gasteiger partial charge in [0.2, 0.25) is 0 Å². The van der Waals surface area contributed by atoms with Crippen molar-refractivity contribution in [3.63, 3.8) is 0 Å². The van der Waals surface area contributed by atoms with Crippen LogP contribution in [0.1, 0.15) is 18.0 Å². The van der Waals surface area contributed by atoms with Crippen LogP contribution in [0.4, 0.5) is 0 Å². The fraction of sp³-hybridized carbons (Fsp3) is 0.556. The molecule has 0 bridgehead atoms. The highest BCUT2D eigenvalue weighted by molar-refractivity contribution is 9.10. The molecule has 1 fully saturated rings. The van der Waals surface area contributed by atoms with Gasteiger partial charge in [-0.2, -0.15) is 0 Å². The summed E-state index contributed by atoms with van der Waals surface area (Å²) in [6, 6.07) is 2.05. The molecule has 78 valence electrons. The van der Waals surface area contributed by atoms with Crippen LogP contribution in [0, 0.1) is 5.92 Å². The summed E-state index contributed by atoms with van der Waals surface area (Å²) in [4.78, 5) is 0. The fourth-order valence-electron chi connectivity index (χ4n) is 1.81.